The number of carbonyl (C=O) groups is 2. The third-order valence-corrected chi connectivity index (χ3v) is 4.65. The number of rotatable bonds is 11. The molecule has 2 N–H and O–H groups in total. The molecule has 0 fully saturated rings. The number of aliphatic hydroxyl groups excluding tert-OH is 1. The minimum absolute atomic E-state index is 0.0854. The Morgan fingerprint density at radius 2 is 1.65 bits per heavy atom. The Labute approximate surface area is 181 Å². The van der Waals surface area contributed by atoms with E-state index >= 15 is 0 Å². The molecular formula is C23H28N4O4. The van der Waals surface area contributed by atoms with Gasteiger partial charge in [-0.1, -0.05) is 79.6 Å². The molecule has 0 heterocycles. The van der Waals surface area contributed by atoms with E-state index in [4.69, 9.17) is 10.3 Å². The topological polar surface area (TPSA) is 124 Å². The minimum atomic E-state index is -1.60. The van der Waals surface area contributed by atoms with Crippen molar-refractivity contribution in [1.29, 1.82) is 0 Å². The van der Waals surface area contributed by atoms with Crippen molar-refractivity contribution in [3.05, 3.63) is 82.2 Å². The molecule has 164 valence electrons. The lowest BCUT2D eigenvalue weighted by molar-refractivity contribution is -0.150. The second kappa shape index (κ2) is 12.4. The molecule has 2 rings (SSSR count). The third kappa shape index (κ3) is 8.12. The number of esters is 1. The summed E-state index contributed by atoms with van der Waals surface area (Å²) in [6.07, 6.45) is -1.07. The molecule has 3 atom stereocenters. The van der Waals surface area contributed by atoms with Crippen LogP contribution >= 0.6 is 0 Å². The lowest BCUT2D eigenvalue weighted by atomic mass is 10.00. The Hall–Kier alpha value is -3.35. The molecule has 0 radical (unpaired) electrons. The molecule has 2 aromatic carbocycles. The van der Waals surface area contributed by atoms with Crippen LogP contribution in [0.2, 0.25) is 0 Å². The van der Waals surface area contributed by atoms with Crippen molar-refractivity contribution in [3.63, 3.8) is 0 Å². The highest BCUT2D eigenvalue weighted by molar-refractivity contribution is 5.87. The van der Waals surface area contributed by atoms with Crippen LogP contribution in [0.4, 0.5) is 0 Å². The van der Waals surface area contributed by atoms with Crippen molar-refractivity contribution in [2.24, 2.45) is 11.0 Å². The number of hydrogen-bond donors (Lipinski definition) is 2. The van der Waals surface area contributed by atoms with Crippen LogP contribution in [-0.4, -0.2) is 35.2 Å². The van der Waals surface area contributed by atoms with Crippen molar-refractivity contribution in [2.45, 2.75) is 51.5 Å². The smallest absolute Gasteiger partial charge is 0.328 e. The van der Waals surface area contributed by atoms with Gasteiger partial charge in [0.1, 0.15) is 18.8 Å². The first-order valence-corrected chi connectivity index (χ1v) is 10.2. The standard InChI is InChI=1S/C23H28N4O4/c1-16(2)13-20(23(30)31-15-18-11-7-4-8-12-18)25-22(29)21(28)19(26-27-24)14-17-9-5-3-6-10-17/h3-12,16,19-21,28H,13-15H2,1-2H3,(H,25,29)/t19-,20+,21+/m1/s1. The van der Waals surface area contributed by atoms with E-state index in [9.17, 15) is 14.7 Å². The molecule has 2 aromatic rings. The predicted octanol–water partition coefficient (Wildman–Crippen LogP) is 3.54. The first-order chi connectivity index (χ1) is 14.9. The summed E-state index contributed by atoms with van der Waals surface area (Å²) in [6, 6.07) is 16.4. The first-order valence-electron chi connectivity index (χ1n) is 10.2. The largest absolute Gasteiger partial charge is 0.459 e. The van der Waals surface area contributed by atoms with E-state index in [0.29, 0.717) is 6.42 Å². The molecule has 31 heavy (non-hydrogen) atoms. The zero-order chi connectivity index (χ0) is 22.6. The molecule has 0 bridgehead atoms. The fourth-order valence-electron chi connectivity index (χ4n) is 3.08. The van der Waals surface area contributed by atoms with Crippen molar-refractivity contribution in [2.75, 3.05) is 0 Å². The van der Waals surface area contributed by atoms with Gasteiger partial charge in [-0.15, -0.1) is 0 Å². The van der Waals surface area contributed by atoms with Crippen LogP contribution in [0.1, 0.15) is 31.4 Å². The Bertz CT molecular complexity index is 883. The van der Waals surface area contributed by atoms with Gasteiger partial charge in [-0.05, 0) is 35.4 Å². The molecule has 0 unspecified atom stereocenters. The monoisotopic (exact) mass is 424 g/mol. The van der Waals surface area contributed by atoms with Crippen LogP contribution < -0.4 is 5.32 Å². The zero-order valence-corrected chi connectivity index (χ0v) is 17.7. The average Bonchev–Trinajstić information content (AvgIpc) is 2.77. The summed E-state index contributed by atoms with van der Waals surface area (Å²) >= 11 is 0. The van der Waals surface area contributed by atoms with E-state index in [1.165, 1.54) is 0 Å². The van der Waals surface area contributed by atoms with Crippen molar-refractivity contribution in [1.82, 2.24) is 5.32 Å². The molecule has 0 aliphatic rings. The molecule has 0 aliphatic carbocycles. The SMILES string of the molecule is CC(C)C[C@H](NC(=O)[C@@H](O)[C@@H](Cc1ccccc1)N=[N+]=[N-])C(=O)OCc1ccccc1. The highest BCUT2D eigenvalue weighted by Crippen LogP contribution is 2.13. The van der Waals surface area contributed by atoms with Gasteiger partial charge < -0.3 is 15.2 Å². The summed E-state index contributed by atoms with van der Waals surface area (Å²) in [5.74, 6) is -1.26. The Morgan fingerprint density at radius 3 is 2.19 bits per heavy atom. The summed E-state index contributed by atoms with van der Waals surface area (Å²) < 4.78 is 5.36. The van der Waals surface area contributed by atoms with Crippen LogP contribution in [-0.2, 0) is 27.4 Å². The maximum absolute atomic E-state index is 12.7. The molecular weight excluding hydrogens is 396 g/mol. The van der Waals surface area contributed by atoms with Crippen LogP contribution in [0.3, 0.4) is 0 Å². The number of azide groups is 1. The number of benzene rings is 2. The predicted molar refractivity (Wildman–Crippen MR) is 117 cm³/mol. The van der Waals surface area contributed by atoms with Gasteiger partial charge in [0.25, 0.3) is 0 Å². The van der Waals surface area contributed by atoms with E-state index in [1.807, 2.05) is 74.5 Å². The number of ether oxygens (including phenoxy) is 1. The molecule has 0 aliphatic heterocycles. The summed E-state index contributed by atoms with van der Waals surface area (Å²) in [5, 5.41) is 16.7. The van der Waals surface area contributed by atoms with E-state index < -0.39 is 30.1 Å². The fraction of sp³-hybridized carbons (Fsp3) is 0.391. The van der Waals surface area contributed by atoms with Gasteiger partial charge in [0.05, 0.1) is 6.04 Å². The molecule has 8 nitrogen and oxygen atoms in total. The lowest BCUT2D eigenvalue weighted by Crippen LogP contribution is -2.50. The fourth-order valence-corrected chi connectivity index (χ4v) is 3.08. The third-order valence-electron chi connectivity index (χ3n) is 4.65. The molecule has 0 aromatic heterocycles. The second-order valence-corrected chi connectivity index (χ2v) is 7.69. The van der Waals surface area contributed by atoms with E-state index in [0.717, 1.165) is 11.1 Å². The number of hydrogen-bond acceptors (Lipinski definition) is 5. The Balaban J connectivity index is 2.04. The number of amides is 1. The molecule has 8 heteroatoms. The normalized spacial score (nSPS) is 13.5. The summed E-state index contributed by atoms with van der Waals surface area (Å²) in [6.45, 7) is 3.92. The molecule has 0 spiro atoms. The van der Waals surface area contributed by atoms with Crippen LogP contribution in [0.15, 0.2) is 65.8 Å². The highest BCUT2D eigenvalue weighted by atomic mass is 16.5. The number of carbonyl (C=O) groups excluding carboxylic acids is 2. The van der Waals surface area contributed by atoms with Gasteiger partial charge in [0.2, 0.25) is 5.91 Å². The summed E-state index contributed by atoms with van der Waals surface area (Å²) in [7, 11) is 0. The molecule has 1 amide bonds. The van der Waals surface area contributed by atoms with Gasteiger partial charge in [-0.3, -0.25) is 4.79 Å². The maximum Gasteiger partial charge on any atom is 0.328 e. The lowest BCUT2D eigenvalue weighted by Gasteiger charge is -2.23. The van der Waals surface area contributed by atoms with Crippen LogP contribution in [0.5, 0.6) is 0 Å². The Kier molecular flexibility index (Phi) is 9.55. The van der Waals surface area contributed by atoms with Crippen molar-refractivity contribution in [3.8, 4) is 0 Å². The van der Waals surface area contributed by atoms with Crippen molar-refractivity contribution >= 4 is 11.9 Å². The van der Waals surface area contributed by atoms with Crippen LogP contribution in [0, 0.1) is 5.92 Å². The molecule has 0 saturated carbocycles. The van der Waals surface area contributed by atoms with E-state index in [1.54, 1.807) is 0 Å². The average molecular weight is 425 g/mol. The first kappa shape index (κ1) is 23.9. The van der Waals surface area contributed by atoms with Gasteiger partial charge in [0, 0.05) is 4.91 Å². The van der Waals surface area contributed by atoms with Gasteiger partial charge in [0.15, 0.2) is 0 Å². The van der Waals surface area contributed by atoms with E-state index in [2.05, 4.69) is 15.3 Å². The number of aliphatic hydroxyl groups is 1. The van der Waals surface area contributed by atoms with Crippen LogP contribution in [0.25, 0.3) is 10.4 Å². The summed E-state index contributed by atoms with van der Waals surface area (Å²) in [5.41, 5.74) is 10.5. The second-order valence-electron chi connectivity index (χ2n) is 7.69. The zero-order valence-electron chi connectivity index (χ0n) is 17.7. The van der Waals surface area contributed by atoms with E-state index in [-0.39, 0.29) is 18.9 Å². The summed E-state index contributed by atoms with van der Waals surface area (Å²) in [4.78, 5) is 28.0. The molecule has 0 saturated heterocycles. The number of nitrogens with zero attached hydrogens (tertiary/aromatic N) is 3. The van der Waals surface area contributed by atoms with Gasteiger partial charge >= 0.3 is 5.97 Å². The quantitative estimate of drug-likeness (QED) is 0.248. The van der Waals surface area contributed by atoms with Crippen molar-refractivity contribution < 1.29 is 19.4 Å². The maximum atomic E-state index is 12.7. The van der Waals surface area contributed by atoms with Gasteiger partial charge in [-0.2, -0.15) is 0 Å². The highest BCUT2D eigenvalue weighted by Gasteiger charge is 2.30. The number of nitrogens with one attached hydrogen (secondary N) is 1. The Morgan fingerprint density at radius 1 is 1.06 bits per heavy atom. The van der Waals surface area contributed by atoms with Gasteiger partial charge in [-0.25, -0.2) is 4.79 Å². The minimum Gasteiger partial charge on any atom is -0.459 e.